The van der Waals surface area contributed by atoms with Crippen LogP contribution in [0.15, 0.2) is 71.7 Å². The average molecular weight is 407 g/mol. The number of aryl methyl sites for hydroxylation is 1. The van der Waals surface area contributed by atoms with E-state index in [1.54, 1.807) is 25.3 Å². The molecule has 0 bridgehead atoms. The molecule has 0 fully saturated rings. The van der Waals surface area contributed by atoms with Crippen molar-refractivity contribution in [3.8, 4) is 5.75 Å². The Morgan fingerprint density at radius 3 is 2.48 bits per heavy atom. The molecule has 0 aliphatic rings. The van der Waals surface area contributed by atoms with Gasteiger partial charge in [0.2, 0.25) is 0 Å². The van der Waals surface area contributed by atoms with E-state index in [-0.39, 0.29) is 24.1 Å². The van der Waals surface area contributed by atoms with Gasteiger partial charge in [-0.2, -0.15) is 0 Å². The zero-order valence-corrected chi connectivity index (χ0v) is 17.1. The third-order valence-electron chi connectivity index (χ3n) is 4.27. The second kappa shape index (κ2) is 9.71. The van der Waals surface area contributed by atoms with Gasteiger partial charge in [-0.1, -0.05) is 42.0 Å². The first kappa shape index (κ1) is 20.4. The fourth-order valence-corrected chi connectivity index (χ4v) is 3.35. The molecule has 0 saturated heterocycles. The van der Waals surface area contributed by atoms with Gasteiger partial charge in [0.05, 0.1) is 7.11 Å². The molecule has 2 amide bonds. The van der Waals surface area contributed by atoms with E-state index in [0.717, 1.165) is 16.0 Å². The summed E-state index contributed by atoms with van der Waals surface area (Å²) in [5.74, 6) is -0.00899. The number of methoxy groups -OCH3 is 1. The first-order valence-electron chi connectivity index (χ1n) is 9.10. The molecule has 0 saturated carbocycles. The molecule has 0 spiro atoms. The predicted octanol–water partition coefficient (Wildman–Crippen LogP) is 4.15. The molecule has 0 unspecified atom stereocenters. The fraction of sp³-hybridized carbons (Fsp3) is 0.130. The summed E-state index contributed by atoms with van der Waals surface area (Å²) in [6.07, 6.45) is 1.67. The Hall–Kier alpha value is -3.38. The Balaban J connectivity index is 1.77. The number of hydrogen-bond acceptors (Lipinski definition) is 4. The fourth-order valence-electron chi connectivity index (χ4n) is 2.69. The van der Waals surface area contributed by atoms with E-state index in [1.165, 1.54) is 11.3 Å². The van der Waals surface area contributed by atoms with Gasteiger partial charge >= 0.3 is 0 Å². The maximum atomic E-state index is 12.8. The molecule has 1 heterocycles. The molecule has 0 atom stereocenters. The van der Waals surface area contributed by atoms with Crippen LogP contribution in [0, 0.1) is 6.92 Å². The number of nitrogens with one attached hydrogen (secondary N) is 2. The molecule has 0 aliphatic heterocycles. The maximum Gasteiger partial charge on any atom is 0.268 e. The quantitative estimate of drug-likeness (QED) is 0.579. The number of thiophene rings is 1. The van der Waals surface area contributed by atoms with E-state index in [2.05, 4.69) is 10.6 Å². The van der Waals surface area contributed by atoms with E-state index in [4.69, 9.17) is 4.74 Å². The summed E-state index contributed by atoms with van der Waals surface area (Å²) >= 11 is 1.49. The largest absolute Gasteiger partial charge is 0.496 e. The highest BCUT2D eigenvalue weighted by atomic mass is 32.1. The van der Waals surface area contributed by atoms with Crippen molar-refractivity contribution in [2.45, 2.75) is 13.5 Å². The molecule has 1 aromatic heterocycles. The van der Waals surface area contributed by atoms with Gasteiger partial charge in [-0.05, 0) is 42.6 Å². The van der Waals surface area contributed by atoms with Crippen LogP contribution in [0.5, 0.6) is 5.75 Å². The van der Waals surface area contributed by atoms with Gasteiger partial charge in [0.25, 0.3) is 11.8 Å². The molecular formula is C23H22N2O3S. The van der Waals surface area contributed by atoms with Gasteiger partial charge in [-0.15, -0.1) is 11.3 Å². The summed E-state index contributed by atoms with van der Waals surface area (Å²) in [5, 5.41) is 7.51. The number of ether oxygens (including phenoxy) is 1. The first-order chi connectivity index (χ1) is 14.1. The zero-order chi connectivity index (χ0) is 20.6. The van der Waals surface area contributed by atoms with Gasteiger partial charge in [0.15, 0.2) is 0 Å². The van der Waals surface area contributed by atoms with Gasteiger partial charge in [-0.3, -0.25) is 9.59 Å². The van der Waals surface area contributed by atoms with Crippen LogP contribution in [0.25, 0.3) is 6.08 Å². The molecule has 2 N–H and O–H groups in total. The molecule has 3 rings (SSSR count). The summed E-state index contributed by atoms with van der Waals surface area (Å²) in [6, 6.07) is 18.4. The molecule has 29 heavy (non-hydrogen) atoms. The SMILES string of the molecule is COc1ccccc1CNC(=O)/C(=C/c1cccs1)NC(=O)c1ccc(C)cc1. The molecule has 5 nitrogen and oxygen atoms in total. The molecule has 2 aromatic carbocycles. The number of carbonyl (C=O) groups excluding carboxylic acids is 2. The van der Waals surface area contributed by atoms with Crippen molar-refractivity contribution in [3.05, 3.63) is 93.3 Å². The van der Waals surface area contributed by atoms with Crippen molar-refractivity contribution in [2.24, 2.45) is 0 Å². The Morgan fingerprint density at radius 1 is 1.03 bits per heavy atom. The second-order valence-electron chi connectivity index (χ2n) is 6.39. The smallest absolute Gasteiger partial charge is 0.268 e. The van der Waals surface area contributed by atoms with Crippen molar-refractivity contribution >= 4 is 29.2 Å². The molecule has 6 heteroatoms. The first-order valence-corrected chi connectivity index (χ1v) is 9.98. The van der Waals surface area contributed by atoms with Crippen LogP contribution in [-0.4, -0.2) is 18.9 Å². The van der Waals surface area contributed by atoms with Gasteiger partial charge in [0.1, 0.15) is 11.4 Å². The monoisotopic (exact) mass is 406 g/mol. The number of hydrogen-bond donors (Lipinski definition) is 2. The lowest BCUT2D eigenvalue weighted by Gasteiger charge is -2.13. The van der Waals surface area contributed by atoms with Crippen LogP contribution in [-0.2, 0) is 11.3 Å². The van der Waals surface area contributed by atoms with Crippen LogP contribution in [0.2, 0.25) is 0 Å². The minimum atomic E-state index is -0.371. The topological polar surface area (TPSA) is 67.4 Å². The van der Waals surface area contributed by atoms with Crippen LogP contribution in [0.3, 0.4) is 0 Å². The lowest BCUT2D eigenvalue weighted by atomic mass is 10.1. The Labute approximate surface area is 174 Å². The molecule has 0 aliphatic carbocycles. The highest BCUT2D eigenvalue weighted by Crippen LogP contribution is 2.17. The van der Waals surface area contributed by atoms with E-state index in [0.29, 0.717) is 11.3 Å². The van der Waals surface area contributed by atoms with Crippen molar-refractivity contribution < 1.29 is 14.3 Å². The summed E-state index contributed by atoms with van der Waals surface area (Å²) in [5.41, 5.74) is 2.59. The summed E-state index contributed by atoms with van der Waals surface area (Å²) in [7, 11) is 1.59. The number of carbonyl (C=O) groups is 2. The molecule has 148 valence electrons. The molecular weight excluding hydrogens is 384 g/mol. The summed E-state index contributed by atoms with van der Waals surface area (Å²) in [4.78, 5) is 26.3. The van der Waals surface area contributed by atoms with Crippen molar-refractivity contribution in [2.75, 3.05) is 7.11 Å². The third-order valence-corrected chi connectivity index (χ3v) is 5.09. The molecule has 3 aromatic rings. The third kappa shape index (κ3) is 5.56. The zero-order valence-electron chi connectivity index (χ0n) is 16.3. The normalized spacial score (nSPS) is 11.0. The van der Waals surface area contributed by atoms with E-state index in [9.17, 15) is 9.59 Å². The van der Waals surface area contributed by atoms with Crippen molar-refractivity contribution in [1.29, 1.82) is 0 Å². The van der Waals surface area contributed by atoms with E-state index >= 15 is 0 Å². The standard InChI is InChI=1S/C23H22N2O3S/c1-16-9-11-17(12-10-16)22(26)25-20(14-19-7-5-13-29-19)23(27)24-15-18-6-3-4-8-21(18)28-2/h3-14H,15H2,1-2H3,(H,24,27)(H,25,26)/b20-14-. The minimum Gasteiger partial charge on any atom is -0.496 e. The highest BCUT2D eigenvalue weighted by Gasteiger charge is 2.15. The van der Waals surface area contributed by atoms with E-state index < -0.39 is 0 Å². The second-order valence-corrected chi connectivity index (χ2v) is 7.37. The van der Waals surface area contributed by atoms with Crippen LogP contribution >= 0.6 is 11.3 Å². The Bertz CT molecular complexity index is 1010. The number of rotatable bonds is 7. The van der Waals surface area contributed by atoms with Crippen LogP contribution in [0.4, 0.5) is 0 Å². The maximum absolute atomic E-state index is 12.8. The van der Waals surface area contributed by atoms with E-state index in [1.807, 2.05) is 60.8 Å². The Morgan fingerprint density at radius 2 is 1.79 bits per heavy atom. The summed E-state index contributed by atoms with van der Waals surface area (Å²) < 4.78 is 5.32. The lowest BCUT2D eigenvalue weighted by molar-refractivity contribution is -0.117. The van der Waals surface area contributed by atoms with Gasteiger partial charge in [0, 0.05) is 22.5 Å². The lowest BCUT2D eigenvalue weighted by Crippen LogP contribution is -2.34. The average Bonchev–Trinajstić information content (AvgIpc) is 3.25. The van der Waals surface area contributed by atoms with Crippen LogP contribution < -0.4 is 15.4 Å². The van der Waals surface area contributed by atoms with Gasteiger partial charge < -0.3 is 15.4 Å². The van der Waals surface area contributed by atoms with Crippen molar-refractivity contribution in [1.82, 2.24) is 10.6 Å². The van der Waals surface area contributed by atoms with Crippen LogP contribution in [0.1, 0.15) is 26.4 Å². The molecule has 0 radical (unpaired) electrons. The number of benzene rings is 2. The Kier molecular flexibility index (Phi) is 6.81. The van der Waals surface area contributed by atoms with Crippen molar-refractivity contribution in [3.63, 3.8) is 0 Å². The predicted molar refractivity (Wildman–Crippen MR) is 116 cm³/mol. The summed E-state index contributed by atoms with van der Waals surface area (Å²) in [6.45, 7) is 2.24. The minimum absolute atomic E-state index is 0.188. The number of amides is 2. The number of para-hydroxylation sites is 1. The highest BCUT2D eigenvalue weighted by molar-refractivity contribution is 7.10. The van der Waals surface area contributed by atoms with Gasteiger partial charge in [-0.25, -0.2) is 0 Å².